The minimum atomic E-state index is 0.225. The summed E-state index contributed by atoms with van der Waals surface area (Å²) in [6.45, 7) is 0. The first kappa shape index (κ1) is 12.3. The molecule has 1 fully saturated rings. The van der Waals surface area contributed by atoms with Crippen LogP contribution in [0.4, 0.5) is 0 Å². The SMILES string of the molecule is NC1CCCC(C(=O)CCc2ccccc2)C1. The van der Waals surface area contributed by atoms with Gasteiger partial charge in [0.05, 0.1) is 0 Å². The molecule has 0 bridgehead atoms. The smallest absolute Gasteiger partial charge is 0.136 e. The molecule has 0 spiro atoms. The average molecular weight is 231 g/mol. The lowest BCUT2D eigenvalue weighted by Gasteiger charge is -2.25. The van der Waals surface area contributed by atoms with Gasteiger partial charge in [-0.05, 0) is 31.2 Å². The van der Waals surface area contributed by atoms with Crippen molar-refractivity contribution >= 4 is 5.78 Å². The van der Waals surface area contributed by atoms with Crippen molar-refractivity contribution in [3.05, 3.63) is 35.9 Å². The first-order valence-corrected chi connectivity index (χ1v) is 6.58. The predicted molar refractivity (Wildman–Crippen MR) is 69.7 cm³/mol. The molecule has 0 aliphatic heterocycles. The maximum absolute atomic E-state index is 12.1. The molecule has 0 aromatic heterocycles. The maximum Gasteiger partial charge on any atom is 0.136 e. The standard InChI is InChI=1S/C15H21NO/c16-14-8-4-7-13(11-14)15(17)10-9-12-5-2-1-3-6-12/h1-3,5-6,13-14H,4,7-11,16H2. The third kappa shape index (κ3) is 3.67. The van der Waals surface area contributed by atoms with Crippen LogP contribution in [-0.2, 0) is 11.2 Å². The molecule has 2 rings (SSSR count). The molecule has 1 aliphatic rings. The fraction of sp³-hybridized carbons (Fsp3) is 0.533. The minimum Gasteiger partial charge on any atom is -0.328 e. The Morgan fingerprint density at radius 2 is 2.00 bits per heavy atom. The van der Waals surface area contributed by atoms with E-state index < -0.39 is 0 Å². The number of benzene rings is 1. The number of hydrogen-bond donors (Lipinski definition) is 1. The zero-order valence-corrected chi connectivity index (χ0v) is 10.3. The molecule has 1 aromatic carbocycles. The van der Waals surface area contributed by atoms with Crippen molar-refractivity contribution in [2.24, 2.45) is 11.7 Å². The van der Waals surface area contributed by atoms with E-state index in [0.717, 1.165) is 32.1 Å². The Kier molecular flexibility index (Phi) is 4.32. The van der Waals surface area contributed by atoms with E-state index >= 15 is 0 Å². The van der Waals surface area contributed by atoms with Crippen LogP contribution < -0.4 is 5.73 Å². The highest BCUT2D eigenvalue weighted by Gasteiger charge is 2.24. The first-order chi connectivity index (χ1) is 8.25. The molecule has 92 valence electrons. The van der Waals surface area contributed by atoms with E-state index in [1.165, 1.54) is 5.56 Å². The Labute approximate surface area is 103 Å². The number of nitrogens with two attached hydrogens (primary N) is 1. The minimum absolute atomic E-state index is 0.225. The van der Waals surface area contributed by atoms with Crippen LogP contribution >= 0.6 is 0 Å². The topological polar surface area (TPSA) is 43.1 Å². The highest BCUT2D eigenvalue weighted by molar-refractivity contribution is 5.81. The highest BCUT2D eigenvalue weighted by Crippen LogP contribution is 2.25. The van der Waals surface area contributed by atoms with E-state index in [4.69, 9.17) is 5.73 Å². The zero-order chi connectivity index (χ0) is 12.1. The molecule has 0 saturated heterocycles. The molecule has 0 radical (unpaired) electrons. The number of carbonyl (C=O) groups excluding carboxylic acids is 1. The van der Waals surface area contributed by atoms with Gasteiger partial charge in [0.2, 0.25) is 0 Å². The van der Waals surface area contributed by atoms with E-state index in [-0.39, 0.29) is 12.0 Å². The molecule has 2 nitrogen and oxygen atoms in total. The monoisotopic (exact) mass is 231 g/mol. The third-order valence-electron chi connectivity index (χ3n) is 3.67. The number of carbonyl (C=O) groups is 1. The molecule has 1 aromatic rings. The first-order valence-electron chi connectivity index (χ1n) is 6.58. The van der Waals surface area contributed by atoms with Crippen LogP contribution in [0.25, 0.3) is 0 Å². The van der Waals surface area contributed by atoms with Crippen molar-refractivity contribution in [3.8, 4) is 0 Å². The lowest BCUT2D eigenvalue weighted by atomic mass is 9.82. The number of hydrogen-bond acceptors (Lipinski definition) is 2. The molecule has 1 aliphatic carbocycles. The van der Waals surface area contributed by atoms with E-state index in [1.807, 2.05) is 18.2 Å². The van der Waals surface area contributed by atoms with Gasteiger partial charge >= 0.3 is 0 Å². The van der Waals surface area contributed by atoms with Crippen molar-refractivity contribution in [1.82, 2.24) is 0 Å². The summed E-state index contributed by atoms with van der Waals surface area (Å²) in [5.41, 5.74) is 7.17. The molecule has 1 saturated carbocycles. The van der Waals surface area contributed by atoms with Crippen LogP contribution in [0.15, 0.2) is 30.3 Å². The largest absolute Gasteiger partial charge is 0.328 e. The molecule has 2 heteroatoms. The van der Waals surface area contributed by atoms with Crippen molar-refractivity contribution in [1.29, 1.82) is 0 Å². The second kappa shape index (κ2) is 5.97. The number of rotatable bonds is 4. The molecule has 2 atom stereocenters. The Morgan fingerprint density at radius 1 is 1.24 bits per heavy atom. The Hall–Kier alpha value is -1.15. The van der Waals surface area contributed by atoms with E-state index in [0.29, 0.717) is 12.2 Å². The van der Waals surface area contributed by atoms with Crippen molar-refractivity contribution in [2.75, 3.05) is 0 Å². The third-order valence-corrected chi connectivity index (χ3v) is 3.67. The second-order valence-corrected chi connectivity index (χ2v) is 5.08. The van der Waals surface area contributed by atoms with Gasteiger partial charge in [0, 0.05) is 18.4 Å². The van der Waals surface area contributed by atoms with E-state index in [9.17, 15) is 4.79 Å². The Bertz CT molecular complexity index is 360. The van der Waals surface area contributed by atoms with E-state index in [2.05, 4.69) is 12.1 Å². The van der Waals surface area contributed by atoms with Crippen molar-refractivity contribution < 1.29 is 4.79 Å². The summed E-state index contributed by atoms with van der Waals surface area (Å²) < 4.78 is 0. The van der Waals surface area contributed by atoms with Crippen LogP contribution in [0, 0.1) is 5.92 Å². The van der Waals surface area contributed by atoms with Gasteiger partial charge in [-0.1, -0.05) is 36.8 Å². The number of aryl methyl sites for hydroxylation is 1. The normalized spacial score (nSPS) is 24.5. The molecular formula is C15H21NO. The summed E-state index contributed by atoms with van der Waals surface area (Å²) in [5.74, 6) is 0.631. The summed E-state index contributed by atoms with van der Waals surface area (Å²) in [4.78, 5) is 12.1. The average Bonchev–Trinajstić information content (AvgIpc) is 2.37. The lowest BCUT2D eigenvalue weighted by Crippen LogP contribution is -2.31. The highest BCUT2D eigenvalue weighted by atomic mass is 16.1. The fourth-order valence-corrected chi connectivity index (χ4v) is 2.64. The van der Waals surface area contributed by atoms with Gasteiger partial charge in [-0.3, -0.25) is 4.79 Å². The number of ketones is 1. The molecular weight excluding hydrogens is 210 g/mol. The molecule has 0 amide bonds. The summed E-state index contributed by atoms with van der Waals surface area (Å²) in [7, 11) is 0. The predicted octanol–water partition coefficient (Wildman–Crippen LogP) is 2.71. The van der Waals surface area contributed by atoms with Gasteiger partial charge < -0.3 is 5.73 Å². The van der Waals surface area contributed by atoms with Crippen LogP contribution in [0.2, 0.25) is 0 Å². The van der Waals surface area contributed by atoms with Crippen LogP contribution in [-0.4, -0.2) is 11.8 Å². The van der Waals surface area contributed by atoms with Gasteiger partial charge in [0.25, 0.3) is 0 Å². The van der Waals surface area contributed by atoms with Gasteiger partial charge in [-0.15, -0.1) is 0 Å². The lowest BCUT2D eigenvalue weighted by molar-refractivity contribution is -0.123. The Morgan fingerprint density at radius 3 is 2.71 bits per heavy atom. The molecule has 2 N–H and O–H groups in total. The van der Waals surface area contributed by atoms with Gasteiger partial charge in [-0.25, -0.2) is 0 Å². The van der Waals surface area contributed by atoms with Gasteiger partial charge in [0.1, 0.15) is 5.78 Å². The molecule has 0 heterocycles. The summed E-state index contributed by atoms with van der Waals surface area (Å²) in [6.07, 6.45) is 5.67. The maximum atomic E-state index is 12.1. The Balaban J connectivity index is 1.81. The summed E-state index contributed by atoms with van der Waals surface area (Å²) in [6, 6.07) is 10.5. The van der Waals surface area contributed by atoms with Crippen LogP contribution in [0.5, 0.6) is 0 Å². The van der Waals surface area contributed by atoms with Crippen molar-refractivity contribution in [2.45, 2.75) is 44.6 Å². The number of Topliss-reactive ketones (excluding diaryl/α,β-unsaturated/α-hetero) is 1. The zero-order valence-electron chi connectivity index (χ0n) is 10.3. The second-order valence-electron chi connectivity index (χ2n) is 5.08. The van der Waals surface area contributed by atoms with Crippen molar-refractivity contribution in [3.63, 3.8) is 0 Å². The van der Waals surface area contributed by atoms with Crippen LogP contribution in [0.1, 0.15) is 37.7 Å². The summed E-state index contributed by atoms with van der Waals surface area (Å²) >= 11 is 0. The van der Waals surface area contributed by atoms with Gasteiger partial charge in [-0.2, -0.15) is 0 Å². The summed E-state index contributed by atoms with van der Waals surface area (Å²) in [5, 5.41) is 0. The quantitative estimate of drug-likeness (QED) is 0.865. The van der Waals surface area contributed by atoms with Gasteiger partial charge in [0.15, 0.2) is 0 Å². The molecule has 17 heavy (non-hydrogen) atoms. The van der Waals surface area contributed by atoms with Crippen LogP contribution in [0.3, 0.4) is 0 Å². The molecule has 2 unspecified atom stereocenters. The fourth-order valence-electron chi connectivity index (χ4n) is 2.64. The van der Waals surface area contributed by atoms with E-state index in [1.54, 1.807) is 0 Å².